The first-order valence-corrected chi connectivity index (χ1v) is 9.48. The van der Waals surface area contributed by atoms with Gasteiger partial charge < -0.3 is 5.32 Å². The van der Waals surface area contributed by atoms with E-state index in [-0.39, 0.29) is 11.8 Å². The van der Waals surface area contributed by atoms with Crippen LogP contribution in [-0.2, 0) is 4.79 Å². The molecule has 1 amide bonds. The topological polar surface area (TPSA) is 76.9 Å². The summed E-state index contributed by atoms with van der Waals surface area (Å²) in [5, 5.41) is 11.8. The Labute approximate surface area is 161 Å². The summed E-state index contributed by atoms with van der Waals surface area (Å²) in [6, 6.07) is 18.8. The first-order chi connectivity index (χ1) is 13.1. The first-order valence-electron chi connectivity index (χ1n) is 8.66. The molecule has 0 radical (unpaired) electrons. The van der Waals surface area contributed by atoms with Gasteiger partial charge in [-0.2, -0.15) is 0 Å². The monoisotopic (exact) mass is 378 g/mol. The van der Waals surface area contributed by atoms with Gasteiger partial charge in [0.1, 0.15) is 4.75 Å². The lowest BCUT2D eigenvalue weighted by Crippen LogP contribution is -2.27. The summed E-state index contributed by atoms with van der Waals surface area (Å²) < 4.78 is 0.875. The smallest absolute Gasteiger partial charge is 0.241 e. The maximum Gasteiger partial charge on any atom is 0.241 e. The van der Waals surface area contributed by atoms with Gasteiger partial charge in [-0.25, -0.2) is 4.57 Å². The molecule has 1 aliphatic rings. The molecule has 27 heavy (non-hydrogen) atoms. The summed E-state index contributed by atoms with van der Waals surface area (Å²) in [6.07, 6.45) is 1.48. The van der Waals surface area contributed by atoms with Crippen LogP contribution in [0.15, 0.2) is 65.8 Å². The van der Waals surface area contributed by atoms with E-state index in [1.54, 1.807) is 0 Å². The molecular weight excluding hydrogens is 360 g/mol. The Morgan fingerprint density at radius 2 is 1.63 bits per heavy atom. The van der Waals surface area contributed by atoms with Gasteiger partial charge in [0, 0.05) is 18.2 Å². The van der Waals surface area contributed by atoms with Crippen LogP contribution in [0.3, 0.4) is 0 Å². The molecule has 1 aromatic heterocycles. The van der Waals surface area contributed by atoms with E-state index in [9.17, 15) is 9.59 Å². The van der Waals surface area contributed by atoms with Crippen LogP contribution in [0.2, 0.25) is 0 Å². The van der Waals surface area contributed by atoms with Crippen LogP contribution in [-0.4, -0.2) is 31.3 Å². The average molecular weight is 378 g/mol. The number of para-hydroxylation sites is 1. The van der Waals surface area contributed by atoms with Crippen LogP contribution in [0.25, 0.3) is 11.4 Å². The van der Waals surface area contributed by atoms with Crippen molar-refractivity contribution in [3.63, 3.8) is 0 Å². The maximum absolute atomic E-state index is 12.8. The standard InChI is InChI=1S/C20H18N4O2S/c1-14(25)24-17(15-8-4-2-5-9-15)22-23-19(24)27-20(12-13-20)18(26)21-16-10-6-3-7-11-16/h2-11H,12-13H2,1H3,(H,21,26). The molecule has 0 spiro atoms. The van der Waals surface area contributed by atoms with Crippen molar-refractivity contribution in [3.8, 4) is 11.4 Å². The van der Waals surface area contributed by atoms with Gasteiger partial charge in [-0.15, -0.1) is 10.2 Å². The molecule has 1 heterocycles. The molecule has 0 unspecified atom stereocenters. The maximum atomic E-state index is 12.8. The molecule has 1 N–H and O–H groups in total. The SMILES string of the molecule is CC(=O)n1c(SC2(C(=O)Nc3ccccc3)CC2)nnc1-c1ccccc1. The molecule has 1 saturated carbocycles. The minimum atomic E-state index is -0.607. The van der Waals surface area contributed by atoms with Crippen molar-refractivity contribution in [1.29, 1.82) is 0 Å². The fourth-order valence-corrected chi connectivity index (χ4v) is 4.01. The highest BCUT2D eigenvalue weighted by atomic mass is 32.2. The van der Waals surface area contributed by atoms with Crippen molar-refractivity contribution in [2.24, 2.45) is 0 Å². The number of hydrogen-bond acceptors (Lipinski definition) is 5. The lowest BCUT2D eigenvalue weighted by atomic mass is 10.2. The van der Waals surface area contributed by atoms with Crippen molar-refractivity contribution < 1.29 is 9.59 Å². The number of nitrogens with one attached hydrogen (secondary N) is 1. The molecule has 3 aromatic rings. The Morgan fingerprint density at radius 3 is 2.22 bits per heavy atom. The average Bonchev–Trinajstić information content (AvgIpc) is 3.34. The minimum Gasteiger partial charge on any atom is -0.325 e. The van der Waals surface area contributed by atoms with Crippen molar-refractivity contribution in [2.75, 3.05) is 5.32 Å². The minimum absolute atomic E-state index is 0.0712. The zero-order chi connectivity index (χ0) is 18.9. The first kappa shape index (κ1) is 17.5. The number of carbonyl (C=O) groups excluding carboxylic acids is 2. The molecule has 1 aliphatic carbocycles. The summed E-state index contributed by atoms with van der Waals surface area (Å²) in [5.74, 6) is 0.239. The van der Waals surface area contributed by atoms with E-state index in [2.05, 4.69) is 15.5 Å². The molecule has 0 aliphatic heterocycles. The largest absolute Gasteiger partial charge is 0.325 e. The number of nitrogens with zero attached hydrogens (tertiary/aromatic N) is 3. The van der Waals surface area contributed by atoms with Crippen LogP contribution >= 0.6 is 11.8 Å². The number of amides is 1. The van der Waals surface area contributed by atoms with E-state index in [0.29, 0.717) is 11.0 Å². The molecule has 7 heteroatoms. The number of thioether (sulfide) groups is 1. The third-order valence-corrected chi connectivity index (χ3v) is 5.85. The van der Waals surface area contributed by atoms with Gasteiger partial charge in [0.05, 0.1) is 0 Å². The number of rotatable bonds is 5. The fourth-order valence-electron chi connectivity index (χ4n) is 2.82. The normalized spacial score (nSPS) is 14.6. The summed E-state index contributed by atoms with van der Waals surface area (Å²) in [4.78, 5) is 25.0. The molecule has 0 bridgehead atoms. The zero-order valence-corrected chi connectivity index (χ0v) is 15.6. The van der Waals surface area contributed by atoms with Crippen LogP contribution in [0.1, 0.15) is 24.6 Å². The number of aromatic nitrogens is 3. The molecule has 1 fully saturated rings. The molecular formula is C20H18N4O2S. The van der Waals surface area contributed by atoms with Gasteiger partial charge in [0.2, 0.25) is 11.8 Å². The third kappa shape index (κ3) is 3.50. The lowest BCUT2D eigenvalue weighted by Gasteiger charge is -2.15. The third-order valence-electron chi connectivity index (χ3n) is 4.42. The highest BCUT2D eigenvalue weighted by Crippen LogP contribution is 2.52. The number of carbonyl (C=O) groups is 2. The Bertz CT molecular complexity index is 982. The summed E-state index contributed by atoms with van der Waals surface area (Å²) >= 11 is 1.31. The molecule has 6 nitrogen and oxygen atoms in total. The highest BCUT2D eigenvalue weighted by molar-refractivity contribution is 8.01. The second kappa shape index (κ2) is 7.00. The summed E-state index contributed by atoms with van der Waals surface area (Å²) in [5.41, 5.74) is 1.57. The van der Waals surface area contributed by atoms with E-state index in [1.165, 1.54) is 23.3 Å². The second-order valence-electron chi connectivity index (χ2n) is 6.44. The van der Waals surface area contributed by atoms with Gasteiger partial charge in [0.25, 0.3) is 0 Å². The number of anilines is 1. The highest BCUT2D eigenvalue weighted by Gasteiger charge is 2.52. The van der Waals surface area contributed by atoms with Crippen molar-refractivity contribution in [2.45, 2.75) is 29.7 Å². The Kier molecular flexibility index (Phi) is 4.53. The molecule has 0 atom stereocenters. The Hall–Kier alpha value is -2.93. The number of benzene rings is 2. The van der Waals surface area contributed by atoms with Gasteiger partial charge in [-0.3, -0.25) is 9.59 Å². The Balaban J connectivity index is 1.60. The van der Waals surface area contributed by atoms with E-state index in [1.807, 2.05) is 60.7 Å². The predicted octanol–water partition coefficient (Wildman–Crippen LogP) is 3.87. The number of hydrogen-bond donors (Lipinski definition) is 1. The van der Waals surface area contributed by atoms with E-state index in [0.717, 1.165) is 24.1 Å². The van der Waals surface area contributed by atoms with Crippen LogP contribution in [0, 0.1) is 0 Å². The zero-order valence-electron chi connectivity index (χ0n) is 14.8. The van der Waals surface area contributed by atoms with Gasteiger partial charge in [0.15, 0.2) is 11.0 Å². The molecule has 2 aromatic carbocycles. The van der Waals surface area contributed by atoms with E-state index < -0.39 is 4.75 Å². The van der Waals surface area contributed by atoms with Crippen LogP contribution in [0.4, 0.5) is 5.69 Å². The van der Waals surface area contributed by atoms with Crippen molar-refractivity contribution in [3.05, 3.63) is 60.7 Å². The van der Waals surface area contributed by atoms with E-state index >= 15 is 0 Å². The molecule has 4 rings (SSSR count). The van der Waals surface area contributed by atoms with Crippen molar-refractivity contribution in [1.82, 2.24) is 14.8 Å². The fraction of sp³-hybridized carbons (Fsp3) is 0.200. The van der Waals surface area contributed by atoms with Gasteiger partial charge in [-0.1, -0.05) is 60.3 Å². The quantitative estimate of drug-likeness (QED) is 0.729. The molecule has 136 valence electrons. The van der Waals surface area contributed by atoms with Crippen molar-refractivity contribution >= 4 is 29.3 Å². The molecule has 0 saturated heterocycles. The van der Waals surface area contributed by atoms with Gasteiger partial charge >= 0.3 is 0 Å². The van der Waals surface area contributed by atoms with Gasteiger partial charge in [-0.05, 0) is 25.0 Å². The summed E-state index contributed by atoms with van der Waals surface area (Å²) in [7, 11) is 0. The van der Waals surface area contributed by atoms with Crippen LogP contribution < -0.4 is 5.32 Å². The summed E-state index contributed by atoms with van der Waals surface area (Å²) in [6.45, 7) is 1.48. The lowest BCUT2D eigenvalue weighted by molar-refractivity contribution is -0.116. The Morgan fingerprint density at radius 1 is 1.00 bits per heavy atom. The predicted molar refractivity (Wildman–Crippen MR) is 105 cm³/mol. The van der Waals surface area contributed by atoms with Crippen LogP contribution in [0.5, 0.6) is 0 Å². The van der Waals surface area contributed by atoms with E-state index in [4.69, 9.17) is 0 Å². The second-order valence-corrected chi connectivity index (χ2v) is 7.79.